The summed E-state index contributed by atoms with van der Waals surface area (Å²) in [6, 6.07) is 22.9. The summed E-state index contributed by atoms with van der Waals surface area (Å²) in [7, 11) is 0. The van der Waals surface area contributed by atoms with Gasteiger partial charge in [0.1, 0.15) is 0 Å². The van der Waals surface area contributed by atoms with Gasteiger partial charge in [0, 0.05) is 42.5 Å². The van der Waals surface area contributed by atoms with E-state index in [-0.39, 0.29) is 11.3 Å². The molecule has 3 unspecified atom stereocenters. The molecular weight excluding hydrogens is 380 g/mol. The molecule has 0 saturated carbocycles. The molecule has 0 saturated heterocycles. The second-order valence-corrected chi connectivity index (χ2v) is 9.22. The normalized spacial score (nSPS) is 24.3. The molecule has 31 heavy (non-hydrogen) atoms. The fraction of sp³-hybridized carbons (Fsp3) is 0.393. The SMILES string of the molecule is CCN1c2c(ccc3ccccc23)C2(CCNC(C)=O)C(C)c3ccccc3CCC12. The van der Waals surface area contributed by atoms with E-state index in [1.165, 1.54) is 33.2 Å². The Morgan fingerprint density at radius 1 is 1.10 bits per heavy atom. The zero-order chi connectivity index (χ0) is 21.6. The number of nitrogens with one attached hydrogen (secondary N) is 1. The minimum atomic E-state index is -0.0234. The van der Waals surface area contributed by atoms with Gasteiger partial charge in [-0.3, -0.25) is 4.79 Å². The number of anilines is 1. The summed E-state index contributed by atoms with van der Waals surface area (Å²) in [5.74, 6) is 0.431. The predicted octanol–water partition coefficient (Wildman–Crippen LogP) is 5.56. The summed E-state index contributed by atoms with van der Waals surface area (Å²) < 4.78 is 0. The lowest BCUT2D eigenvalue weighted by Crippen LogP contribution is -2.49. The summed E-state index contributed by atoms with van der Waals surface area (Å²) in [4.78, 5) is 14.4. The summed E-state index contributed by atoms with van der Waals surface area (Å²) in [6.07, 6.45) is 3.20. The van der Waals surface area contributed by atoms with E-state index in [2.05, 4.69) is 84.7 Å². The van der Waals surface area contributed by atoms with Crippen LogP contribution in [0.4, 0.5) is 5.69 Å². The molecule has 160 valence electrons. The first-order valence-corrected chi connectivity index (χ1v) is 11.7. The van der Waals surface area contributed by atoms with Crippen molar-refractivity contribution in [3.8, 4) is 0 Å². The molecule has 3 atom stereocenters. The molecule has 1 heterocycles. The highest BCUT2D eigenvalue weighted by atomic mass is 16.1. The lowest BCUT2D eigenvalue weighted by Gasteiger charge is -2.43. The van der Waals surface area contributed by atoms with Crippen molar-refractivity contribution in [1.82, 2.24) is 5.32 Å². The van der Waals surface area contributed by atoms with Crippen LogP contribution in [0.2, 0.25) is 0 Å². The molecule has 0 aromatic heterocycles. The van der Waals surface area contributed by atoms with E-state index < -0.39 is 0 Å². The summed E-state index contributed by atoms with van der Waals surface area (Å²) in [5, 5.41) is 5.77. The van der Waals surface area contributed by atoms with Crippen LogP contribution in [0.5, 0.6) is 0 Å². The fourth-order valence-electron chi connectivity index (χ4n) is 6.58. The highest BCUT2D eigenvalue weighted by Crippen LogP contribution is 2.58. The largest absolute Gasteiger partial charge is 0.367 e. The smallest absolute Gasteiger partial charge is 0.216 e. The summed E-state index contributed by atoms with van der Waals surface area (Å²) in [6.45, 7) is 8.04. The van der Waals surface area contributed by atoms with E-state index in [0.29, 0.717) is 18.5 Å². The molecule has 3 nitrogen and oxygen atoms in total. The minimum absolute atomic E-state index is 0.0234. The molecule has 1 amide bonds. The van der Waals surface area contributed by atoms with Gasteiger partial charge in [-0.05, 0) is 54.2 Å². The van der Waals surface area contributed by atoms with Crippen molar-refractivity contribution in [2.24, 2.45) is 0 Å². The Morgan fingerprint density at radius 2 is 1.87 bits per heavy atom. The first-order valence-electron chi connectivity index (χ1n) is 11.7. The van der Waals surface area contributed by atoms with Gasteiger partial charge in [0.25, 0.3) is 0 Å². The van der Waals surface area contributed by atoms with Crippen LogP contribution in [-0.2, 0) is 16.6 Å². The van der Waals surface area contributed by atoms with E-state index in [1.807, 2.05) is 0 Å². The first-order chi connectivity index (χ1) is 15.1. The van der Waals surface area contributed by atoms with Gasteiger partial charge in [-0.15, -0.1) is 0 Å². The number of aryl methyl sites for hydroxylation is 1. The molecule has 0 radical (unpaired) electrons. The number of likely N-dealkylation sites (N-methyl/N-ethyl adjacent to an activating group) is 1. The number of carbonyl (C=O) groups is 1. The van der Waals surface area contributed by atoms with Crippen molar-refractivity contribution < 1.29 is 4.79 Å². The Morgan fingerprint density at radius 3 is 2.68 bits per heavy atom. The van der Waals surface area contributed by atoms with Crippen LogP contribution in [0.15, 0.2) is 60.7 Å². The maximum absolute atomic E-state index is 11.7. The number of carbonyl (C=O) groups excluding carboxylic acids is 1. The Hall–Kier alpha value is -2.81. The third-order valence-electron chi connectivity index (χ3n) is 7.89. The van der Waals surface area contributed by atoms with Crippen molar-refractivity contribution in [3.63, 3.8) is 0 Å². The topological polar surface area (TPSA) is 32.3 Å². The van der Waals surface area contributed by atoms with Crippen molar-refractivity contribution >= 4 is 22.4 Å². The average molecular weight is 413 g/mol. The van der Waals surface area contributed by atoms with E-state index in [0.717, 1.165) is 25.8 Å². The van der Waals surface area contributed by atoms with Crippen LogP contribution in [0.25, 0.3) is 10.8 Å². The number of rotatable bonds is 4. The summed E-state index contributed by atoms with van der Waals surface area (Å²) in [5.41, 5.74) is 5.82. The van der Waals surface area contributed by atoms with Crippen molar-refractivity contribution in [2.75, 3.05) is 18.0 Å². The van der Waals surface area contributed by atoms with Crippen LogP contribution in [0, 0.1) is 0 Å². The van der Waals surface area contributed by atoms with E-state index in [4.69, 9.17) is 0 Å². The minimum Gasteiger partial charge on any atom is -0.367 e. The maximum atomic E-state index is 11.7. The highest BCUT2D eigenvalue weighted by Gasteiger charge is 2.55. The van der Waals surface area contributed by atoms with Crippen LogP contribution < -0.4 is 10.2 Å². The lowest BCUT2D eigenvalue weighted by molar-refractivity contribution is -0.119. The number of amides is 1. The zero-order valence-electron chi connectivity index (χ0n) is 18.8. The van der Waals surface area contributed by atoms with Crippen molar-refractivity contribution in [1.29, 1.82) is 0 Å². The monoisotopic (exact) mass is 412 g/mol. The molecule has 3 aromatic rings. The van der Waals surface area contributed by atoms with Crippen molar-refractivity contribution in [2.45, 2.75) is 57.4 Å². The second-order valence-electron chi connectivity index (χ2n) is 9.22. The van der Waals surface area contributed by atoms with Crippen LogP contribution in [0.1, 0.15) is 56.2 Å². The van der Waals surface area contributed by atoms with Gasteiger partial charge in [-0.2, -0.15) is 0 Å². The van der Waals surface area contributed by atoms with E-state index in [1.54, 1.807) is 6.92 Å². The van der Waals surface area contributed by atoms with Gasteiger partial charge in [-0.25, -0.2) is 0 Å². The summed E-state index contributed by atoms with van der Waals surface area (Å²) >= 11 is 0. The Bertz CT molecular complexity index is 1140. The molecule has 5 rings (SSSR count). The number of hydrogen-bond acceptors (Lipinski definition) is 2. The predicted molar refractivity (Wildman–Crippen MR) is 129 cm³/mol. The Labute approximate surface area is 185 Å². The molecule has 0 fully saturated rings. The van der Waals surface area contributed by atoms with Gasteiger partial charge < -0.3 is 10.2 Å². The number of fused-ring (bicyclic) bond motifs is 6. The highest BCUT2D eigenvalue weighted by molar-refractivity contribution is 5.98. The standard InChI is InChI=1S/C28H32N2O/c1-4-30-26-16-14-21-9-5-7-11-23(21)19(2)28(26,17-18-29-20(3)31)25-15-13-22-10-6-8-12-24(22)27(25)30/h5-13,15,19,26H,4,14,16-18H2,1-3H3,(H,29,31). The maximum Gasteiger partial charge on any atom is 0.216 e. The molecule has 3 heteroatoms. The fourth-order valence-corrected chi connectivity index (χ4v) is 6.58. The molecule has 0 spiro atoms. The first kappa shape index (κ1) is 20.1. The molecule has 1 aliphatic carbocycles. The number of nitrogens with zero attached hydrogens (tertiary/aromatic N) is 1. The van der Waals surface area contributed by atoms with Gasteiger partial charge in [0.15, 0.2) is 0 Å². The van der Waals surface area contributed by atoms with E-state index >= 15 is 0 Å². The van der Waals surface area contributed by atoms with Crippen LogP contribution in [-0.4, -0.2) is 25.0 Å². The molecule has 1 aliphatic heterocycles. The molecule has 0 bridgehead atoms. The average Bonchev–Trinajstić information content (AvgIpc) is 3.00. The molecule has 2 aliphatic rings. The third-order valence-corrected chi connectivity index (χ3v) is 7.89. The number of hydrogen-bond donors (Lipinski definition) is 1. The van der Waals surface area contributed by atoms with Gasteiger partial charge in [0.2, 0.25) is 5.91 Å². The Balaban J connectivity index is 1.76. The third kappa shape index (κ3) is 2.97. The van der Waals surface area contributed by atoms with Crippen molar-refractivity contribution in [3.05, 3.63) is 77.4 Å². The zero-order valence-corrected chi connectivity index (χ0v) is 18.8. The second kappa shape index (κ2) is 7.71. The lowest BCUT2D eigenvalue weighted by atomic mass is 9.63. The van der Waals surface area contributed by atoms with Gasteiger partial charge in [-0.1, -0.05) is 67.6 Å². The van der Waals surface area contributed by atoms with Crippen LogP contribution >= 0.6 is 0 Å². The molecule has 1 N–H and O–H groups in total. The quantitative estimate of drug-likeness (QED) is 0.608. The van der Waals surface area contributed by atoms with Gasteiger partial charge in [0.05, 0.1) is 0 Å². The molecular formula is C28H32N2O. The van der Waals surface area contributed by atoms with Gasteiger partial charge >= 0.3 is 0 Å². The molecule has 3 aromatic carbocycles. The van der Waals surface area contributed by atoms with E-state index in [9.17, 15) is 4.79 Å². The number of benzene rings is 3. The van der Waals surface area contributed by atoms with Crippen LogP contribution in [0.3, 0.4) is 0 Å². The Kier molecular flexibility index (Phi) is 5.00.